The zero-order valence-electron chi connectivity index (χ0n) is 13.1. The van der Waals surface area contributed by atoms with Crippen LogP contribution in [0.25, 0.3) is 0 Å². The van der Waals surface area contributed by atoms with E-state index in [4.69, 9.17) is 0 Å². The zero-order valence-corrected chi connectivity index (χ0v) is 13.1. The standard InChI is InChI=1S/C17H28FNO/c1-13(6-5-11-17(3,4)20)19-14(2)12-15-7-9-16(18)10-8-15/h7-10,13-14,19-20H,5-6,11-12H2,1-4H3/t13-,14+/m1/s1. The van der Waals surface area contributed by atoms with Gasteiger partial charge in [0.1, 0.15) is 5.82 Å². The molecule has 0 spiro atoms. The molecule has 2 nitrogen and oxygen atoms in total. The second kappa shape index (κ2) is 7.75. The zero-order chi connectivity index (χ0) is 15.2. The van der Waals surface area contributed by atoms with Crippen LogP contribution >= 0.6 is 0 Å². The average molecular weight is 281 g/mol. The van der Waals surface area contributed by atoms with Crippen LogP contribution in [0.1, 0.15) is 52.5 Å². The second-order valence-electron chi connectivity index (χ2n) is 6.50. The highest BCUT2D eigenvalue weighted by molar-refractivity contribution is 5.17. The SMILES string of the molecule is C[C@H](CCCC(C)(C)O)N[C@@H](C)Cc1ccc(F)cc1. The Labute approximate surface area is 122 Å². The first-order valence-electron chi connectivity index (χ1n) is 7.49. The van der Waals surface area contributed by atoms with E-state index in [1.807, 2.05) is 26.0 Å². The lowest BCUT2D eigenvalue weighted by Gasteiger charge is -2.22. The van der Waals surface area contributed by atoms with Gasteiger partial charge in [-0.25, -0.2) is 4.39 Å². The molecule has 0 unspecified atom stereocenters. The molecular weight excluding hydrogens is 253 g/mol. The number of nitrogens with one attached hydrogen (secondary N) is 1. The van der Waals surface area contributed by atoms with Gasteiger partial charge in [0.15, 0.2) is 0 Å². The van der Waals surface area contributed by atoms with Gasteiger partial charge in [-0.1, -0.05) is 12.1 Å². The van der Waals surface area contributed by atoms with Crippen LogP contribution in [0.3, 0.4) is 0 Å². The van der Waals surface area contributed by atoms with Crippen LogP contribution in [0.2, 0.25) is 0 Å². The Kier molecular flexibility index (Phi) is 6.63. The van der Waals surface area contributed by atoms with Gasteiger partial charge in [-0.3, -0.25) is 0 Å². The third-order valence-corrected chi connectivity index (χ3v) is 3.45. The van der Waals surface area contributed by atoms with E-state index in [2.05, 4.69) is 19.2 Å². The molecule has 0 aromatic heterocycles. The number of hydrogen-bond donors (Lipinski definition) is 2. The molecule has 0 radical (unpaired) electrons. The third-order valence-electron chi connectivity index (χ3n) is 3.45. The molecule has 3 heteroatoms. The number of halogens is 1. The minimum atomic E-state index is -0.570. The predicted octanol–water partition coefficient (Wildman–Crippen LogP) is 3.68. The van der Waals surface area contributed by atoms with Crippen LogP contribution < -0.4 is 5.32 Å². The van der Waals surface area contributed by atoms with E-state index in [0.29, 0.717) is 12.1 Å². The Bertz CT molecular complexity index is 383. The Morgan fingerprint density at radius 2 is 1.75 bits per heavy atom. The summed E-state index contributed by atoms with van der Waals surface area (Å²) in [6, 6.07) is 7.48. The summed E-state index contributed by atoms with van der Waals surface area (Å²) >= 11 is 0. The summed E-state index contributed by atoms with van der Waals surface area (Å²) < 4.78 is 12.8. The normalized spacial score (nSPS) is 15.1. The van der Waals surface area contributed by atoms with E-state index >= 15 is 0 Å². The van der Waals surface area contributed by atoms with E-state index in [-0.39, 0.29) is 5.82 Å². The molecule has 0 aliphatic carbocycles. The van der Waals surface area contributed by atoms with Crippen molar-refractivity contribution in [1.29, 1.82) is 0 Å². The van der Waals surface area contributed by atoms with Gasteiger partial charge in [0.25, 0.3) is 0 Å². The highest BCUT2D eigenvalue weighted by Gasteiger charge is 2.13. The van der Waals surface area contributed by atoms with E-state index < -0.39 is 5.60 Å². The van der Waals surface area contributed by atoms with Crippen molar-refractivity contribution in [2.45, 2.75) is 71.1 Å². The van der Waals surface area contributed by atoms with E-state index in [0.717, 1.165) is 31.2 Å². The van der Waals surface area contributed by atoms with Gasteiger partial charge in [0, 0.05) is 12.1 Å². The van der Waals surface area contributed by atoms with E-state index in [9.17, 15) is 9.50 Å². The van der Waals surface area contributed by atoms with Crippen molar-refractivity contribution in [3.8, 4) is 0 Å². The Morgan fingerprint density at radius 1 is 1.15 bits per heavy atom. The van der Waals surface area contributed by atoms with Crippen molar-refractivity contribution in [2.75, 3.05) is 0 Å². The summed E-state index contributed by atoms with van der Waals surface area (Å²) in [5.41, 5.74) is 0.578. The summed E-state index contributed by atoms with van der Waals surface area (Å²) in [5.74, 6) is -0.186. The monoisotopic (exact) mass is 281 g/mol. The Hall–Kier alpha value is -0.930. The molecule has 1 aromatic carbocycles. The van der Waals surface area contributed by atoms with E-state index in [1.54, 1.807) is 0 Å². The highest BCUT2D eigenvalue weighted by atomic mass is 19.1. The van der Waals surface area contributed by atoms with Crippen LogP contribution in [0, 0.1) is 5.82 Å². The molecule has 0 bridgehead atoms. The van der Waals surface area contributed by atoms with E-state index in [1.165, 1.54) is 12.1 Å². The quantitative estimate of drug-likeness (QED) is 0.762. The van der Waals surface area contributed by atoms with Gasteiger partial charge in [0.05, 0.1) is 5.60 Å². The number of aliphatic hydroxyl groups is 1. The largest absolute Gasteiger partial charge is 0.390 e. The molecule has 114 valence electrons. The first-order chi connectivity index (χ1) is 9.26. The molecule has 0 saturated heterocycles. The Balaban J connectivity index is 2.27. The van der Waals surface area contributed by atoms with Gasteiger partial charge >= 0.3 is 0 Å². The molecule has 2 atom stereocenters. The van der Waals surface area contributed by atoms with Crippen molar-refractivity contribution >= 4 is 0 Å². The van der Waals surface area contributed by atoms with Crippen molar-refractivity contribution in [3.63, 3.8) is 0 Å². The van der Waals surface area contributed by atoms with Crippen LogP contribution in [0.5, 0.6) is 0 Å². The maximum absolute atomic E-state index is 12.8. The lowest BCUT2D eigenvalue weighted by Crippen LogP contribution is -2.36. The van der Waals surface area contributed by atoms with Gasteiger partial charge < -0.3 is 10.4 Å². The van der Waals surface area contributed by atoms with Crippen molar-refractivity contribution in [3.05, 3.63) is 35.6 Å². The smallest absolute Gasteiger partial charge is 0.123 e. The summed E-state index contributed by atoms with van der Waals surface area (Å²) in [7, 11) is 0. The summed E-state index contributed by atoms with van der Waals surface area (Å²) in [6.45, 7) is 8.02. The summed E-state index contributed by atoms with van der Waals surface area (Å²) in [4.78, 5) is 0. The van der Waals surface area contributed by atoms with Crippen LogP contribution in [-0.4, -0.2) is 22.8 Å². The van der Waals surface area contributed by atoms with Gasteiger partial charge in [-0.2, -0.15) is 0 Å². The van der Waals surface area contributed by atoms with Crippen LogP contribution in [-0.2, 0) is 6.42 Å². The van der Waals surface area contributed by atoms with Gasteiger partial charge in [-0.05, 0) is 71.1 Å². The molecule has 2 N–H and O–H groups in total. The molecule has 0 saturated carbocycles. The van der Waals surface area contributed by atoms with Gasteiger partial charge in [0.2, 0.25) is 0 Å². The van der Waals surface area contributed by atoms with Crippen LogP contribution in [0.15, 0.2) is 24.3 Å². The predicted molar refractivity (Wildman–Crippen MR) is 82.3 cm³/mol. The maximum atomic E-state index is 12.8. The fraction of sp³-hybridized carbons (Fsp3) is 0.647. The molecule has 1 rings (SSSR count). The molecule has 20 heavy (non-hydrogen) atoms. The molecule has 0 aliphatic rings. The number of benzene rings is 1. The Morgan fingerprint density at radius 3 is 2.30 bits per heavy atom. The third kappa shape index (κ3) is 7.61. The van der Waals surface area contributed by atoms with Gasteiger partial charge in [-0.15, -0.1) is 0 Å². The lowest BCUT2D eigenvalue weighted by atomic mass is 9.99. The number of rotatable bonds is 8. The highest BCUT2D eigenvalue weighted by Crippen LogP contribution is 2.13. The molecule has 0 heterocycles. The molecular formula is C17H28FNO. The summed E-state index contributed by atoms with van der Waals surface area (Å²) in [5, 5.41) is 13.2. The molecule has 1 aromatic rings. The van der Waals surface area contributed by atoms with Crippen molar-refractivity contribution < 1.29 is 9.50 Å². The maximum Gasteiger partial charge on any atom is 0.123 e. The topological polar surface area (TPSA) is 32.3 Å². The molecule has 0 aliphatic heterocycles. The molecule has 0 amide bonds. The lowest BCUT2D eigenvalue weighted by molar-refractivity contribution is 0.0674. The summed E-state index contributed by atoms with van der Waals surface area (Å²) in [6.07, 6.45) is 3.79. The number of hydrogen-bond acceptors (Lipinski definition) is 2. The molecule has 0 fully saturated rings. The minimum Gasteiger partial charge on any atom is -0.390 e. The minimum absolute atomic E-state index is 0.186. The fourth-order valence-corrected chi connectivity index (χ4v) is 2.44. The first kappa shape index (κ1) is 17.1. The van der Waals surface area contributed by atoms with Crippen molar-refractivity contribution in [1.82, 2.24) is 5.32 Å². The first-order valence-corrected chi connectivity index (χ1v) is 7.49. The second-order valence-corrected chi connectivity index (χ2v) is 6.50. The fourth-order valence-electron chi connectivity index (χ4n) is 2.44. The van der Waals surface area contributed by atoms with Crippen molar-refractivity contribution in [2.24, 2.45) is 0 Å². The van der Waals surface area contributed by atoms with Crippen LogP contribution in [0.4, 0.5) is 4.39 Å². The average Bonchev–Trinajstić information content (AvgIpc) is 2.30.